The highest BCUT2D eigenvalue weighted by molar-refractivity contribution is 5.24. The average Bonchev–Trinajstić information content (AvgIpc) is 1.78. The summed E-state index contributed by atoms with van der Waals surface area (Å²) >= 11 is 0. The van der Waals surface area contributed by atoms with Gasteiger partial charge in [0.2, 0.25) is 0 Å². The van der Waals surface area contributed by atoms with Gasteiger partial charge >= 0.3 is 0 Å². The largest absolute Gasteiger partial charge is 0.399 e. The molecule has 0 amide bonds. The molecule has 0 fully saturated rings. The molecule has 1 unspecified atom stereocenters. The molecule has 1 rings (SSSR count). The van der Waals surface area contributed by atoms with Crippen LogP contribution in [0.25, 0.3) is 0 Å². The van der Waals surface area contributed by atoms with Crippen LogP contribution in [0.15, 0.2) is 23.9 Å². The van der Waals surface area contributed by atoms with Crippen molar-refractivity contribution in [3.8, 4) is 0 Å². The third-order valence-electron chi connectivity index (χ3n) is 1.36. The second kappa shape index (κ2) is 1.87. The van der Waals surface area contributed by atoms with Gasteiger partial charge in [-0.3, -0.25) is 0 Å². The molecule has 50 valence electrons. The molecule has 0 saturated carbocycles. The predicted molar refractivity (Wildman–Crippen MR) is 35.5 cm³/mol. The Morgan fingerprint density at radius 1 is 1.78 bits per heavy atom. The summed E-state index contributed by atoms with van der Waals surface area (Å²) in [6.07, 6.45) is 5.18. The van der Waals surface area contributed by atoms with Crippen molar-refractivity contribution in [1.82, 2.24) is 0 Å². The van der Waals surface area contributed by atoms with Crippen molar-refractivity contribution in [2.24, 2.45) is 5.73 Å². The fourth-order valence-electron chi connectivity index (χ4n) is 0.723. The van der Waals surface area contributed by atoms with E-state index >= 15 is 0 Å². The van der Waals surface area contributed by atoms with Gasteiger partial charge in [0.15, 0.2) is 0 Å². The molecule has 1 atom stereocenters. The van der Waals surface area contributed by atoms with E-state index in [1.165, 1.54) is 13.0 Å². The Morgan fingerprint density at radius 2 is 2.44 bits per heavy atom. The van der Waals surface area contributed by atoms with Crippen molar-refractivity contribution in [2.75, 3.05) is 0 Å². The van der Waals surface area contributed by atoms with Crippen LogP contribution in [0.4, 0.5) is 4.39 Å². The molecule has 0 aromatic rings. The van der Waals surface area contributed by atoms with Gasteiger partial charge in [-0.2, -0.15) is 0 Å². The highest BCUT2D eigenvalue weighted by atomic mass is 19.1. The van der Waals surface area contributed by atoms with Gasteiger partial charge < -0.3 is 5.73 Å². The van der Waals surface area contributed by atoms with Crippen LogP contribution in [0.1, 0.15) is 13.3 Å². The summed E-state index contributed by atoms with van der Waals surface area (Å²) in [7, 11) is 0. The second-order valence-corrected chi connectivity index (χ2v) is 2.52. The fourth-order valence-corrected chi connectivity index (χ4v) is 0.723. The van der Waals surface area contributed by atoms with Crippen LogP contribution >= 0.6 is 0 Å². The van der Waals surface area contributed by atoms with Gasteiger partial charge in [-0.25, -0.2) is 4.39 Å². The summed E-state index contributed by atoms with van der Waals surface area (Å²) in [5, 5.41) is 0. The first-order valence-corrected chi connectivity index (χ1v) is 2.94. The highest BCUT2D eigenvalue weighted by Gasteiger charge is 2.19. The Bertz CT molecular complexity index is 168. The number of rotatable bonds is 0. The van der Waals surface area contributed by atoms with Crippen LogP contribution < -0.4 is 5.73 Å². The standard InChI is InChI=1S/C7H10FN/c1-7(8)4-2-6(9)3-5-7/h2-4H,5,9H2,1H3. The maximum atomic E-state index is 12.9. The zero-order valence-electron chi connectivity index (χ0n) is 5.39. The van der Waals surface area contributed by atoms with Crippen molar-refractivity contribution < 1.29 is 4.39 Å². The average molecular weight is 127 g/mol. The topological polar surface area (TPSA) is 26.0 Å². The third-order valence-corrected chi connectivity index (χ3v) is 1.36. The first kappa shape index (κ1) is 6.33. The number of hydrogen-bond acceptors (Lipinski definition) is 1. The Kier molecular flexibility index (Phi) is 1.31. The number of halogens is 1. The first-order valence-electron chi connectivity index (χ1n) is 2.94. The van der Waals surface area contributed by atoms with Crippen molar-refractivity contribution in [1.29, 1.82) is 0 Å². The van der Waals surface area contributed by atoms with Crippen molar-refractivity contribution in [3.05, 3.63) is 23.9 Å². The molecule has 1 nitrogen and oxygen atoms in total. The summed E-state index contributed by atoms with van der Waals surface area (Å²) in [6, 6.07) is 0. The molecule has 0 bridgehead atoms. The minimum absolute atomic E-state index is 0.398. The third kappa shape index (κ3) is 1.56. The lowest BCUT2D eigenvalue weighted by atomic mass is 9.99. The van der Waals surface area contributed by atoms with Crippen LogP contribution in [0, 0.1) is 0 Å². The Balaban J connectivity index is 2.70. The maximum Gasteiger partial charge on any atom is 0.130 e. The Hall–Kier alpha value is -0.790. The van der Waals surface area contributed by atoms with Gasteiger partial charge in [0.25, 0.3) is 0 Å². The molecule has 1 aliphatic rings. The minimum atomic E-state index is -1.18. The minimum Gasteiger partial charge on any atom is -0.399 e. The monoisotopic (exact) mass is 127 g/mol. The molecule has 2 N–H and O–H groups in total. The predicted octanol–water partition coefficient (Wildman–Crippen LogP) is 1.52. The fraction of sp³-hybridized carbons (Fsp3) is 0.429. The van der Waals surface area contributed by atoms with Crippen molar-refractivity contribution >= 4 is 0 Å². The molecule has 0 heterocycles. The molecule has 9 heavy (non-hydrogen) atoms. The van der Waals surface area contributed by atoms with Crippen molar-refractivity contribution in [3.63, 3.8) is 0 Å². The van der Waals surface area contributed by atoms with E-state index in [0.717, 1.165) is 0 Å². The number of nitrogens with two attached hydrogens (primary N) is 1. The smallest absolute Gasteiger partial charge is 0.130 e. The molecular formula is C7H10FN. The summed E-state index contributed by atoms with van der Waals surface area (Å²) in [5.74, 6) is 0. The van der Waals surface area contributed by atoms with Gasteiger partial charge in [0.05, 0.1) is 0 Å². The summed E-state index contributed by atoms with van der Waals surface area (Å²) in [6.45, 7) is 1.53. The van der Waals surface area contributed by atoms with E-state index in [-0.39, 0.29) is 0 Å². The van der Waals surface area contributed by atoms with E-state index < -0.39 is 5.67 Å². The molecule has 2 heteroatoms. The zero-order valence-corrected chi connectivity index (χ0v) is 5.39. The lowest BCUT2D eigenvalue weighted by Gasteiger charge is -2.16. The van der Waals surface area contributed by atoms with Crippen LogP contribution in [0.5, 0.6) is 0 Å². The van der Waals surface area contributed by atoms with Gasteiger partial charge in [0.1, 0.15) is 5.67 Å². The second-order valence-electron chi connectivity index (χ2n) is 2.52. The van der Waals surface area contributed by atoms with Crippen LogP contribution in [0.2, 0.25) is 0 Å². The van der Waals surface area contributed by atoms with Gasteiger partial charge in [-0.05, 0) is 19.1 Å². The van der Waals surface area contributed by atoms with Gasteiger partial charge in [-0.15, -0.1) is 0 Å². The van der Waals surface area contributed by atoms with Gasteiger partial charge in [0, 0.05) is 12.1 Å². The highest BCUT2D eigenvalue weighted by Crippen LogP contribution is 2.22. The Morgan fingerprint density at radius 3 is 2.78 bits per heavy atom. The zero-order chi connectivity index (χ0) is 6.91. The normalized spacial score (nSPS) is 34.2. The summed E-state index contributed by atoms with van der Waals surface area (Å²) in [4.78, 5) is 0. The molecule has 1 aliphatic carbocycles. The first-order chi connectivity index (χ1) is 4.10. The van der Waals surface area contributed by atoms with E-state index in [9.17, 15) is 4.39 Å². The molecule has 0 aromatic heterocycles. The molecular weight excluding hydrogens is 117 g/mol. The maximum absolute atomic E-state index is 12.9. The van der Waals surface area contributed by atoms with Crippen LogP contribution in [-0.2, 0) is 0 Å². The Labute approximate surface area is 54.0 Å². The number of allylic oxidation sites excluding steroid dienone is 3. The van der Waals surface area contributed by atoms with E-state index in [1.54, 1.807) is 12.2 Å². The van der Waals surface area contributed by atoms with Crippen LogP contribution in [0.3, 0.4) is 0 Å². The quantitative estimate of drug-likeness (QED) is 0.524. The molecule has 0 spiro atoms. The molecule has 0 saturated heterocycles. The summed E-state index contributed by atoms with van der Waals surface area (Å²) in [5.41, 5.74) is 4.84. The number of alkyl halides is 1. The van der Waals surface area contributed by atoms with Crippen LogP contribution in [-0.4, -0.2) is 5.67 Å². The molecule has 0 aliphatic heterocycles. The molecule has 0 aromatic carbocycles. The number of hydrogen-bond donors (Lipinski definition) is 1. The van der Waals surface area contributed by atoms with Gasteiger partial charge in [-0.1, -0.05) is 6.08 Å². The molecule has 0 radical (unpaired) electrons. The van der Waals surface area contributed by atoms with Crippen molar-refractivity contribution in [2.45, 2.75) is 19.0 Å². The SMILES string of the molecule is CC1(F)C=CC(N)=CC1. The van der Waals surface area contributed by atoms with E-state index in [0.29, 0.717) is 12.1 Å². The van der Waals surface area contributed by atoms with E-state index in [2.05, 4.69) is 0 Å². The van der Waals surface area contributed by atoms with E-state index in [4.69, 9.17) is 5.73 Å². The lowest BCUT2D eigenvalue weighted by molar-refractivity contribution is 0.259. The van der Waals surface area contributed by atoms with E-state index in [1.807, 2.05) is 0 Å². The lowest BCUT2D eigenvalue weighted by Crippen LogP contribution is -2.16. The summed E-state index contributed by atoms with van der Waals surface area (Å²) < 4.78 is 12.9.